The summed E-state index contributed by atoms with van der Waals surface area (Å²) in [5, 5.41) is 9.42. The van der Waals surface area contributed by atoms with Crippen LogP contribution in [0.1, 0.15) is 84.5 Å². The van der Waals surface area contributed by atoms with Crippen molar-refractivity contribution in [2.75, 3.05) is 19.8 Å². The van der Waals surface area contributed by atoms with Crippen LogP contribution in [0, 0.1) is 47.4 Å². The van der Waals surface area contributed by atoms with Crippen LogP contribution in [0.3, 0.4) is 0 Å². The molecule has 0 radical (unpaired) electrons. The molecule has 4 fully saturated rings. The summed E-state index contributed by atoms with van der Waals surface area (Å²) in [6.45, 7) is 5.94. The van der Waals surface area contributed by atoms with Crippen LogP contribution in [-0.4, -0.2) is 49.7 Å². The maximum absolute atomic E-state index is 9.42. The monoisotopic (exact) mass is 484 g/mol. The van der Waals surface area contributed by atoms with Crippen molar-refractivity contribution in [3.63, 3.8) is 0 Å². The second kappa shape index (κ2) is 13.8. The van der Waals surface area contributed by atoms with Crippen molar-refractivity contribution in [2.24, 2.45) is 23.7 Å². The molecular formula is C30H44O5. The van der Waals surface area contributed by atoms with Crippen LogP contribution in [-0.2, 0) is 18.9 Å². The Morgan fingerprint density at radius 2 is 1.83 bits per heavy atom. The number of hydrogen-bond donors (Lipinski definition) is 1. The Morgan fingerprint density at radius 3 is 2.51 bits per heavy atom. The molecule has 2 saturated carbocycles. The first-order chi connectivity index (χ1) is 17.2. The molecule has 0 aromatic carbocycles. The molecule has 8 atom stereocenters. The number of aliphatic hydroxyl groups excluding tert-OH is 1. The van der Waals surface area contributed by atoms with Crippen molar-refractivity contribution >= 4 is 0 Å². The lowest BCUT2D eigenvalue weighted by molar-refractivity contribution is -0.192. The van der Waals surface area contributed by atoms with Gasteiger partial charge in [0.25, 0.3) is 0 Å². The molecule has 35 heavy (non-hydrogen) atoms. The molecule has 2 saturated heterocycles. The van der Waals surface area contributed by atoms with Crippen molar-refractivity contribution in [3.05, 3.63) is 11.6 Å². The second-order valence-electron chi connectivity index (χ2n) is 10.6. The van der Waals surface area contributed by atoms with Crippen LogP contribution in [0.25, 0.3) is 0 Å². The average Bonchev–Trinajstić information content (AvgIpc) is 3.40. The highest BCUT2D eigenvalue weighted by Gasteiger charge is 2.47. The highest BCUT2D eigenvalue weighted by atomic mass is 16.7. The third-order valence-corrected chi connectivity index (χ3v) is 7.94. The van der Waals surface area contributed by atoms with E-state index in [1.165, 1.54) is 5.57 Å². The van der Waals surface area contributed by atoms with Gasteiger partial charge in [0, 0.05) is 32.0 Å². The number of hydrogen-bond acceptors (Lipinski definition) is 5. The van der Waals surface area contributed by atoms with Gasteiger partial charge < -0.3 is 24.1 Å². The molecule has 0 aromatic rings. The number of ether oxygens (including phenoxy) is 4. The van der Waals surface area contributed by atoms with Gasteiger partial charge in [-0.2, -0.15) is 0 Å². The Morgan fingerprint density at radius 1 is 1.06 bits per heavy atom. The SMILES string of the molecule is CCC#CC[C@H](C)[C@@H](C#C[C@@H]1[C@H]2C/C(=C/CO)C[C@H]2C[C@H]1OC1CCCCO1)OC1CCCCO1. The molecule has 194 valence electrons. The smallest absolute Gasteiger partial charge is 0.159 e. The Kier molecular flexibility index (Phi) is 10.6. The third-order valence-electron chi connectivity index (χ3n) is 7.94. The summed E-state index contributed by atoms with van der Waals surface area (Å²) >= 11 is 0. The summed E-state index contributed by atoms with van der Waals surface area (Å²) in [4.78, 5) is 0. The minimum Gasteiger partial charge on any atom is -0.392 e. The molecule has 2 aliphatic heterocycles. The lowest BCUT2D eigenvalue weighted by Crippen LogP contribution is -2.32. The Balaban J connectivity index is 1.51. The molecule has 5 heteroatoms. The summed E-state index contributed by atoms with van der Waals surface area (Å²) in [5.74, 6) is 15.1. The van der Waals surface area contributed by atoms with E-state index in [1.807, 2.05) is 6.08 Å². The minimum atomic E-state index is -0.205. The minimum absolute atomic E-state index is 0.0954. The molecule has 0 aromatic heterocycles. The third kappa shape index (κ3) is 7.58. The van der Waals surface area contributed by atoms with Gasteiger partial charge in [-0.15, -0.1) is 11.8 Å². The highest BCUT2D eigenvalue weighted by molar-refractivity contribution is 5.22. The van der Waals surface area contributed by atoms with E-state index >= 15 is 0 Å². The lowest BCUT2D eigenvalue weighted by atomic mass is 9.90. The van der Waals surface area contributed by atoms with E-state index in [-0.39, 0.29) is 43.2 Å². The Bertz CT molecular complexity index is 802. The fourth-order valence-electron chi connectivity index (χ4n) is 6.03. The Hall–Kier alpha value is -1.34. The first-order valence-corrected chi connectivity index (χ1v) is 14.0. The fourth-order valence-corrected chi connectivity index (χ4v) is 6.03. The van der Waals surface area contributed by atoms with Crippen LogP contribution in [0.5, 0.6) is 0 Å². The zero-order valence-corrected chi connectivity index (χ0v) is 21.7. The van der Waals surface area contributed by atoms with E-state index in [2.05, 4.69) is 37.5 Å². The van der Waals surface area contributed by atoms with Gasteiger partial charge >= 0.3 is 0 Å². The lowest BCUT2D eigenvalue weighted by Gasteiger charge is -2.29. The average molecular weight is 485 g/mol. The summed E-state index contributed by atoms with van der Waals surface area (Å²) in [7, 11) is 0. The summed E-state index contributed by atoms with van der Waals surface area (Å²) in [6, 6.07) is 0. The predicted octanol–water partition coefficient (Wildman–Crippen LogP) is 5.22. The van der Waals surface area contributed by atoms with E-state index in [1.54, 1.807) is 0 Å². The zero-order chi connectivity index (χ0) is 24.5. The van der Waals surface area contributed by atoms with Gasteiger partial charge in [-0.05, 0) is 69.6 Å². The topological polar surface area (TPSA) is 57.2 Å². The van der Waals surface area contributed by atoms with Crippen molar-refractivity contribution in [1.82, 2.24) is 0 Å². The molecule has 2 heterocycles. The van der Waals surface area contributed by atoms with Gasteiger partial charge in [0.15, 0.2) is 12.6 Å². The molecule has 2 unspecified atom stereocenters. The summed E-state index contributed by atoms with van der Waals surface area (Å²) in [6.07, 6.45) is 12.7. The number of rotatable bonds is 7. The molecule has 2 aliphatic carbocycles. The second-order valence-corrected chi connectivity index (χ2v) is 10.6. The first kappa shape index (κ1) is 26.7. The molecule has 0 bridgehead atoms. The molecule has 0 amide bonds. The summed E-state index contributed by atoms with van der Waals surface area (Å²) in [5.41, 5.74) is 1.37. The van der Waals surface area contributed by atoms with Crippen molar-refractivity contribution in [1.29, 1.82) is 0 Å². The van der Waals surface area contributed by atoms with Gasteiger partial charge in [-0.3, -0.25) is 0 Å². The van der Waals surface area contributed by atoms with Crippen LogP contribution >= 0.6 is 0 Å². The number of aliphatic hydroxyl groups is 1. The molecule has 0 spiro atoms. The van der Waals surface area contributed by atoms with Crippen LogP contribution in [0.15, 0.2) is 11.6 Å². The zero-order valence-electron chi connectivity index (χ0n) is 21.7. The maximum atomic E-state index is 9.42. The summed E-state index contributed by atoms with van der Waals surface area (Å²) < 4.78 is 24.8. The molecule has 4 rings (SSSR count). The largest absolute Gasteiger partial charge is 0.392 e. The molecule has 5 nitrogen and oxygen atoms in total. The van der Waals surface area contributed by atoms with Crippen molar-refractivity contribution in [3.8, 4) is 23.7 Å². The first-order valence-electron chi connectivity index (χ1n) is 14.0. The van der Waals surface area contributed by atoms with Gasteiger partial charge in [0.05, 0.1) is 18.6 Å². The predicted molar refractivity (Wildman–Crippen MR) is 136 cm³/mol. The van der Waals surface area contributed by atoms with Crippen LogP contribution in [0.2, 0.25) is 0 Å². The highest BCUT2D eigenvalue weighted by Crippen LogP contribution is 2.51. The fraction of sp³-hybridized carbons (Fsp3) is 0.800. The maximum Gasteiger partial charge on any atom is 0.159 e. The Labute approximate surface area is 212 Å². The van der Waals surface area contributed by atoms with Gasteiger partial charge in [0.1, 0.15) is 6.10 Å². The van der Waals surface area contributed by atoms with E-state index in [0.717, 1.165) is 83.8 Å². The van der Waals surface area contributed by atoms with Gasteiger partial charge in [-0.1, -0.05) is 37.3 Å². The van der Waals surface area contributed by atoms with Crippen LogP contribution in [0.4, 0.5) is 0 Å². The molecule has 1 N–H and O–H groups in total. The van der Waals surface area contributed by atoms with E-state index in [0.29, 0.717) is 11.8 Å². The van der Waals surface area contributed by atoms with E-state index in [9.17, 15) is 5.11 Å². The normalized spacial score (nSPS) is 35.5. The number of allylic oxidation sites excluding steroid dienone is 1. The molecular weight excluding hydrogens is 440 g/mol. The van der Waals surface area contributed by atoms with Crippen LogP contribution < -0.4 is 0 Å². The van der Waals surface area contributed by atoms with Crippen molar-refractivity contribution in [2.45, 2.75) is 109 Å². The van der Waals surface area contributed by atoms with Crippen molar-refractivity contribution < 1.29 is 24.1 Å². The molecule has 4 aliphatic rings. The van der Waals surface area contributed by atoms with Gasteiger partial charge in [-0.25, -0.2) is 0 Å². The quantitative estimate of drug-likeness (QED) is 0.397. The van der Waals surface area contributed by atoms with Gasteiger partial charge in [0.2, 0.25) is 0 Å². The van der Waals surface area contributed by atoms with E-state index < -0.39 is 0 Å². The standard InChI is InChI=1S/C30H44O5/c1-3-4-5-10-22(2)27(34-29-11-6-8-17-32-29)14-13-25-26-20-23(15-16-31)19-24(26)21-28(25)35-30-12-7-9-18-33-30/h15,22,24-31H,3,6-12,16-21H2,1-2H3/b23-15+/t22-,24-,25+,26-,27+,28+,29?,30?/m0/s1. The number of fused-ring (bicyclic) bond motifs is 1. The van der Waals surface area contributed by atoms with E-state index in [4.69, 9.17) is 18.9 Å².